The summed E-state index contributed by atoms with van der Waals surface area (Å²) in [7, 11) is 1.61. The number of benzene rings is 2. The fourth-order valence-electron chi connectivity index (χ4n) is 3.34. The predicted molar refractivity (Wildman–Crippen MR) is 105 cm³/mol. The summed E-state index contributed by atoms with van der Waals surface area (Å²) in [6, 6.07) is 13.8. The Balaban J connectivity index is 1.44. The Kier molecular flexibility index (Phi) is 6.63. The van der Waals surface area contributed by atoms with Gasteiger partial charge in [0.15, 0.2) is 0 Å². The first-order chi connectivity index (χ1) is 13.5. The van der Waals surface area contributed by atoms with Crippen molar-refractivity contribution in [2.45, 2.75) is 19.3 Å². The van der Waals surface area contributed by atoms with E-state index in [0.29, 0.717) is 45.4 Å². The number of ether oxygens (including phenoxy) is 1. The highest BCUT2D eigenvalue weighted by molar-refractivity contribution is 5.80. The van der Waals surface area contributed by atoms with Crippen molar-refractivity contribution in [3.05, 3.63) is 65.5 Å². The third-order valence-electron chi connectivity index (χ3n) is 5.02. The molecule has 1 heterocycles. The summed E-state index contributed by atoms with van der Waals surface area (Å²) >= 11 is 0. The number of aryl methyl sites for hydroxylation is 1. The lowest BCUT2D eigenvalue weighted by atomic mass is 10.1. The molecule has 0 radical (unpaired) electrons. The van der Waals surface area contributed by atoms with Crippen molar-refractivity contribution in [2.24, 2.45) is 0 Å². The third-order valence-corrected chi connectivity index (χ3v) is 5.02. The number of halogens is 1. The van der Waals surface area contributed by atoms with Gasteiger partial charge in [-0.1, -0.05) is 24.3 Å². The van der Waals surface area contributed by atoms with E-state index in [0.717, 1.165) is 16.9 Å². The van der Waals surface area contributed by atoms with Gasteiger partial charge in [-0.2, -0.15) is 0 Å². The number of nitrogens with zero attached hydrogens (tertiary/aromatic N) is 2. The van der Waals surface area contributed by atoms with Crippen molar-refractivity contribution >= 4 is 11.8 Å². The van der Waals surface area contributed by atoms with Gasteiger partial charge in [-0.25, -0.2) is 4.39 Å². The van der Waals surface area contributed by atoms with Crippen LogP contribution < -0.4 is 4.74 Å². The fraction of sp³-hybridized carbons (Fsp3) is 0.364. The van der Waals surface area contributed by atoms with Gasteiger partial charge in [0.05, 0.1) is 13.5 Å². The molecule has 1 aliphatic heterocycles. The molecule has 0 bridgehead atoms. The van der Waals surface area contributed by atoms with Crippen molar-refractivity contribution in [2.75, 3.05) is 33.3 Å². The van der Waals surface area contributed by atoms with E-state index >= 15 is 0 Å². The van der Waals surface area contributed by atoms with Gasteiger partial charge >= 0.3 is 0 Å². The molecule has 28 heavy (non-hydrogen) atoms. The van der Waals surface area contributed by atoms with Gasteiger partial charge in [-0.3, -0.25) is 9.59 Å². The maximum atomic E-state index is 13.2. The minimum Gasteiger partial charge on any atom is -0.497 e. The van der Waals surface area contributed by atoms with Crippen LogP contribution in [-0.4, -0.2) is 54.9 Å². The van der Waals surface area contributed by atoms with Gasteiger partial charge in [0.1, 0.15) is 11.6 Å². The lowest BCUT2D eigenvalue weighted by Gasteiger charge is -2.35. The van der Waals surface area contributed by atoms with Crippen molar-refractivity contribution in [3.8, 4) is 5.75 Å². The molecule has 0 atom stereocenters. The summed E-state index contributed by atoms with van der Waals surface area (Å²) in [5.74, 6) is 0.596. The van der Waals surface area contributed by atoms with Gasteiger partial charge in [-0.15, -0.1) is 0 Å². The van der Waals surface area contributed by atoms with Crippen molar-refractivity contribution in [1.82, 2.24) is 9.80 Å². The fourth-order valence-corrected chi connectivity index (χ4v) is 3.34. The largest absolute Gasteiger partial charge is 0.497 e. The highest BCUT2D eigenvalue weighted by Crippen LogP contribution is 2.14. The number of amides is 2. The summed E-state index contributed by atoms with van der Waals surface area (Å²) in [5.41, 5.74) is 1.76. The second-order valence-electron chi connectivity index (χ2n) is 6.92. The van der Waals surface area contributed by atoms with Gasteiger partial charge in [0.2, 0.25) is 11.8 Å². The molecule has 1 fully saturated rings. The van der Waals surface area contributed by atoms with E-state index in [1.165, 1.54) is 12.1 Å². The van der Waals surface area contributed by atoms with E-state index in [4.69, 9.17) is 4.74 Å². The Labute approximate surface area is 164 Å². The maximum absolute atomic E-state index is 13.2. The van der Waals surface area contributed by atoms with Crippen LogP contribution in [0.15, 0.2) is 48.5 Å². The summed E-state index contributed by atoms with van der Waals surface area (Å²) in [4.78, 5) is 28.5. The monoisotopic (exact) mass is 384 g/mol. The van der Waals surface area contributed by atoms with Crippen LogP contribution in [0, 0.1) is 5.82 Å². The van der Waals surface area contributed by atoms with E-state index in [9.17, 15) is 14.0 Å². The molecule has 2 aromatic rings. The van der Waals surface area contributed by atoms with Crippen LogP contribution in [0.1, 0.15) is 17.5 Å². The lowest BCUT2D eigenvalue weighted by molar-refractivity contribution is -0.139. The Bertz CT molecular complexity index is 815. The maximum Gasteiger partial charge on any atom is 0.227 e. The standard InChI is InChI=1S/C22H25FN2O3/c1-28-20-8-5-18(6-9-20)16-22(27)25-13-11-24(12-14-25)21(26)10-7-17-3-2-4-19(23)15-17/h2-6,8-9,15H,7,10-14,16H2,1H3. The molecule has 1 aliphatic rings. The highest BCUT2D eigenvalue weighted by Gasteiger charge is 2.23. The number of piperazine rings is 1. The van der Waals surface area contributed by atoms with Gasteiger partial charge in [0, 0.05) is 32.6 Å². The molecular formula is C22H25FN2O3. The molecule has 0 spiro atoms. The first-order valence-electron chi connectivity index (χ1n) is 9.48. The van der Waals surface area contributed by atoms with Gasteiger partial charge in [0.25, 0.3) is 0 Å². The zero-order chi connectivity index (χ0) is 19.9. The molecule has 6 heteroatoms. The number of methoxy groups -OCH3 is 1. The van der Waals surface area contributed by atoms with E-state index in [1.807, 2.05) is 30.3 Å². The quantitative estimate of drug-likeness (QED) is 0.769. The van der Waals surface area contributed by atoms with Crippen LogP contribution in [0.25, 0.3) is 0 Å². The number of carbonyl (C=O) groups excluding carboxylic acids is 2. The summed E-state index contributed by atoms with van der Waals surface area (Å²) in [6.45, 7) is 2.16. The molecule has 1 saturated heterocycles. The highest BCUT2D eigenvalue weighted by atomic mass is 19.1. The summed E-state index contributed by atoms with van der Waals surface area (Å²) in [6.07, 6.45) is 1.22. The molecule has 5 nitrogen and oxygen atoms in total. The van der Waals surface area contributed by atoms with Crippen LogP contribution in [0.5, 0.6) is 5.75 Å². The van der Waals surface area contributed by atoms with Crippen LogP contribution in [0.2, 0.25) is 0 Å². The first-order valence-corrected chi connectivity index (χ1v) is 9.48. The molecule has 0 saturated carbocycles. The number of rotatable bonds is 6. The molecule has 0 aromatic heterocycles. The Morgan fingerprint density at radius 1 is 0.929 bits per heavy atom. The van der Waals surface area contributed by atoms with Gasteiger partial charge < -0.3 is 14.5 Å². The third kappa shape index (κ3) is 5.31. The second kappa shape index (κ2) is 9.35. The Morgan fingerprint density at radius 2 is 1.57 bits per heavy atom. The zero-order valence-corrected chi connectivity index (χ0v) is 16.1. The minimum absolute atomic E-state index is 0.0477. The van der Waals surface area contributed by atoms with Crippen molar-refractivity contribution < 1.29 is 18.7 Å². The number of hydrogen-bond donors (Lipinski definition) is 0. The topological polar surface area (TPSA) is 49.9 Å². The van der Waals surface area contributed by atoms with Crippen molar-refractivity contribution in [3.63, 3.8) is 0 Å². The molecule has 148 valence electrons. The molecule has 0 aliphatic carbocycles. The summed E-state index contributed by atoms with van der Waals surface area (Å²) in [5, 5.41) is 0. The molecular weight excluding hydrogens is 359 g/mol. The van der Waals surface area contributed by atoms with E-state index in [-0.39, 0.29) is 17.6 Å². The summed E-state index contributed by atoms with van der Waals surface area (Å²) < 4.78 is 18.3. The number of carbonyl (C=O) groups is 2. The predicted octanol–water partition coefficient (Wildman–Crippen LogP) is 2.68. The molecule has 2 aromatic carbocycles. The minimum atomic E-state index is -0.283. The van der Waals surface area contributed by atoms with Crippen LogP contribution in [-0.2, 0) is 22.4 Å². The first kappa shape index (κ1) is 19.9. The van der Waals surface area contributed by atoms with Crippen LogP contribution in [0.4, 0.5) is 4.39 Å². The second-order valence-corrected chi connectivity index (χ2v) is 6.92. The molecule has 2 amide bonds. The van der Waals surface area contributed by atoms with E-state index in [1.54, 1.807) is 23.0 Å². The van der Waals surface area contributed by atoms with Crippen molar-refractivity contribution in [1.29, 1.82) is 0 Å². The van der Waals surface area contributed by atoms with E-state index in [2.05, 4.69) is 0 Å². The van der Waals surface area contributed by atoms with E-state index < -0.39 is 0 Å². The molecule has 0 N–H and O–H groups in total. The Morgan fingerprint density at radius 3 is 2.18 bits per heavy atom. The molecule has 0 unspecified atom stereocenters. The van der Waals surface area contributed by atoms with Gasteiger partial charge in [-0.05, 0) is 41.8 Å². The van der Waals surface area contributed by atoms with Crippen LogP contribution in [0.3, 0.4) is 0 Å². The zero-order valence-electron chi connectivity index (χ0n) is 16.1. The average Bonchev–Trinajstić information content (AvgIpc) is 2.72. The average molecular weight is 384 g/mol. The molecule has 3 rings (SSSR count). The normalized spacial score (nSPS) is 14.1. The smallest absolute Gasteiger partial charge is 0.227 e. The van der Waals surface area contributed by atoms with Crippen LogP contribution >= 0.6 is 0 Å². The SMILES string of the molecule is COc1ccc(CC(=O)N2CCN(C(=O)CCc3cccc(F)c3)CC2)cc1. The lowest BCUT2D eigenvalue weighted by Crippen LogP contribution is -2.51. The Hall–Kier alpha value is -2.89. The number of hydrogen-bond acceptors (Lipinski definition) is 3.